The van der Waals surface area contributed by atoms with Crippen molar-refractivity contribution in [1.29, 1.82) is 0 Å². The summed E-state index contributed by atoms with van der Waals surface area (Å²) in [6.45, 7) is 0.539. The fraction of sp³-hybridized carbons (Fsp3) is 0.143. The number of aromatic nitrogens is 3. The zero-order valence-corrected chi connectivity index (χ0v) is 10.2. The third-order valence-electron chi connectivity index (χ3n) is 3.12. The lowest BCUT2D eigenvalue weighted by atomic mass is 10.2. The van der Waals surface area contributed by atoms with Gasteiger partial charge in [0.05, 0.1) is 11.0 Å². The SMILES string of the molecule is Cn1c(-c2ccncc2)nc2cc(CN)ccc21. The molecule has 0 fully saturated rings. The number of benzene rings is 1. The van der Waals surface area contributed by atoms with E-state index < -0.39 is 0 Å². The average Bonchev–Trinajstić information content (AvgIpc) is 2.76. The molecule has 0 bridgehead atoms. The van der Waals surface area contributed by atoms with Crippen molar-refractivity contribution in [3.05, 3.63) is 48.3 Å². The second kappa shape index (κ2) is 4.23. The van der Waals surface area contributed by atoms with Gasteiger partial charge >= 0.3 is 0 Å². The van der Waals surface area contributed by atoms with Gasteiger partial charge in [0, 0.05) is 31.5 Å². The van der Waals surface area contributed by atoms with Crippen molar-refractivity contribution >= 4 is 11.0 Å². The molecule has 0 unspecified atom stereocenters. The highest BCUT2D eigenvalue weighted by atomic mass is 15.1. The van der Waals surface area contributed by atoms with Crippen LogP contribution in [0, 0.1) is 0 Å². The first-order valence-electron chi connectivity index (χ1n) is 5.85. The van der Waals surface area contributed by atoms with Gasteiger partial charge in [0.15, 0.2) is 0 Å². The molecule has 3 rings (SSSR count). The average molecular weight is 238 g/mol. The lowest BCUT2D eigenvalue weighted by molar-refractivity contribution is 0.958. The molecule has 0 aliphatic heterocycles. The van der Waals surface area contributed by atoms with Gasteiger partial charge in [-0.1, -0.05) is 6.07 Å². The molecule has 90 valence electrons. The number of hydrogen-bond acceptors (Lipinski definition) is 3. The molecule has 0 amide bonds. The number of imidazole rings is 1. The van der Waals surface area contributed by atoms with Gasteiger partial charge in [-0.15, -0.1) is 0 Å². The Morgan fingerprint density at radius 3 is 2.67 bits per heavy atom. The number of nitrogens with two attached hydrogens (primary N) is 1. The van der Waals surface area contributed by atoms with E-state index in [1.807, 2.05) is 31.3 Å². The summed E-state index contributed by atoms with van der Waals surface area (Å²) in [7, 11) is 2.02. The molecule has 0 spiro atoms. The summed E-state index contributed by atoms with van der Waals surface area (Å²) in [4.78, 5) is 8.70. The maximum atomic E-state index is 5.65. The van der Waals surface area contributed by atoms with E-state index in [4.69, 9.17) is 5.73 Å². The molecule has 4 nitrogen and oxygen atoms in total. The van der Waals surface area contributed by atoms with E-state index in [0.29, 0.717) is 6.54 Å². The van der Waals surface area contributed by atoms with Gasteiger partial charge < -0.3 is 10.3 Å². The van der Waals surface area contributed by atoms with Crippen LogP contribution >= 0.6 is 0 Å². The molecular formula is C14H14N4. The van der Waals surface area contributed by atoms with Crippen LogP contribution in [-0.4, -0.2) is 14.5 Å². The maximum absolute atomic E-state index is 5.65. The normalized spacial score (nSPS) is 11.0. The smallest absolute Gasteiger partial charge is 0.140 e. The lowest BCUT2D eigenvalue weighted by Crippen LogP contribution is -1.95. The van der Waals surface area contributed by atoms with E-state index >= 15 is 0 Å². The van der Waals surface area contributed by atoms with Crippen LogP contribution in [-0.2, 0) is 13.6 Å². The van der Waals surface area contributed by atoms with Crippen molar-refractivity contribution in [3.8, 4) is 11.4 Å². The summed E-state index contributed by atoms with van der Waals surface area (Å²) in [6, 6.07) is 10.1. The van der Waals surface area contributed by atoms with Crippen LogP contribution in [0.1, 0.15) is 5.56 Å². The first-order chi connectivity index (χ1) is 8.79. The van der Waals surface area contributed by atoms with Crippen LogP contribution in [0.25, 0.3) is 22.4 Å². The molecule has 0 radical (unpaired) electrons. The van der Waals surface area contributed by atoms with Gasteiger partial charge in [0.2, 0.25) is 0 Å². The lowest BCUT2D eigenvalue weighted by Gasteiger charge is -2.01. The molecule has 0 aliphatic carbocycles. The Kier molecular flexibility index (Phi) is 2.57. The Labute approximate surface area is 105 Å². The second-order valence-corrected chi connectivity index (χ2v) is 4.26. The zero-order chi connectivity index (χ0) is 12.5. The van der Waals surface area contributed by atoms with Gasteiger partial charge in [-0.2, -0.15) is 0 Å². The largest absolute Gasteiger partial charge is 0.327 e. The van der Waals surface area contributed by atoms with Crippen molar-refractivity contribution in [2.24, 2.45) is 12.8 Å². The third-order valence-corrected chi connectivity index (χ3v) is 3.12. The Bertz CT molecular complexity index is 686. The summed E-state index contributed by atoms with van der Waals surface area (Å²) in [5, 5.41) is 0. The summed E-state index contributed by atoms with van der Waals surface area (Å²) in [6.07, 6.45) is 3.56. The number of aryl methyl sites for hydroxylation is 1. The highest BCUT2D eigenvalue weighted by Crippen LogP contribution is 2.23. The first-order valence-corrected chi connectivity index (χ1v) is 5.85. The Hall–Kier alpha value is -2.20. The first kappa shape index (κ1) is 10.9. The molecule has 3 aromatic rings. The molecule has 0 saturated carbocycles. The fourth-order valence-corrected chi connectivity index (χ4v) is 2.13. The molecule has 2 N–H and O–H groups in total. The molecule has 0 aliphatic rings. The third kappa shape index (κ3) is 1.67. The maximum Gasteiger partial charge on any atom is 0.140 e. The van der Waals surface area contributed by atoms with Crippen LogP contribution in [0.2, 0.25) is 0 Å². The van der Waals surface area contributed by atoms with Gasteiger partial charge in [0.1, 0.15) is 5.82 Å². The van der Waals surface area contributed by atoms with Gasteiger partial charge in [-0.3, -0.25) is 4.98 Å². The molecule has 2 aromatic heterocycles. The van der Waals surface area contributed by atoms with Gasteiger partial charge in [-0.25, -0.2) is 4.98 Å². The van der Waals surface area contributed by atoms with Crippen LogP contribution < -0.4 is 5.73 Å². The number of pyridine rings is 1. The van der Waals surface area contributed by atoms with Crippen molar-refractivity contribution in [3.63, 3.8) is 0 Å². The molecule has 0 atom stereocenters. The predicted octanol–water partition coefficient (Wildman–Crippen LogP) is 2.09. The van der Waals surface area contributed by atoms with Crippen LogP contribution in [0.4, 0.5) is 0 Å². The minimum absolute atomic E-state index is 0.539. The van der Waals surface area contributed by atoms with E-state index in [-0.39, 0.29) is 0 Å². The monoisotopic (exact) mass is 238 g/mol. The van der Waals surface area contributed by atoms with Crippen molar-refractivity contribution in [1.82, 2.24) is 14.5 Å². The van der Waals surface area contributed by atoms with Gasteiger partial charge in [0.25, 0.3) is 0 Å². The number of hydrogen-bond donors (Lipinski definition) is 1. The van der Waals surface area contributed by atoms with Crippen molar-refractivity contribution in [2.75, 3.05) is 0 Å². The fourth-order valence-electron chi connectivity index (χ4n) is 2.13. The van der Waals surface area contributed by atoms with Crippen LogP contribution in [0.15, 0.2) is 42.7 Å². The Balaban J connectivity index is 2.23. The number of fused-ring (bicyclic) bond motifs is 1. The molecule has 1 aromatic carbocycles. The highest BCUT2D eigenvalue weighted by Gasteiger charge is 2.09. The van der Waals surface area contributed by atoms with E-state index in [1.165, 1.54) is 0 Å². The summed E-state index contributed by atoms with van der Waals surface area (Å²) in [5.41, 5.74) is 9.91. The standard InChI is InChI=1S/C14H14N4/c1-18-13-3-2-10(9-15)8-12(13)17-14(18)11-4-6-16-7-5-11/h2-8H,9,15H2,1H3. The van der Waals surface area contributed by atoms with E-state index in [1.54, 1.807) is 12.4 Å². The summed E-state index contributed by atoms with van der Waals surface area (Å²) < 4.78 is 2.09. The summed E-state index contributed by atoms with van der Waals surface area (Å²) in [5.74, 6) is 0.946. The minimum Gasteiger partial charge on any atom is -0.327 e. The highest BCUT2D eigenvalue weighted by molar-refractivity contribution is 5.81. The van der Waals surface area contributed by atoms with E-state index in [9.17, 15) is 0 Å². The molecule has 18 heavy (non-hydrogen) atoms. The number of rotatable bonds is 2. The Morgan fingerprint density at radius 2 is 1.94 bits per heavy atom. The van der Waals surface area contributed by atoms with Crippen molar-refractivity contribution < 1.29 is 0 Å². The van der Waals surface area contributed by atoms with Crippen LogP contribution in [0.3, 0.4) is 0 Å². The zero-order valence-electron chi connectivity index (χ0n) is 10.2. The quantitative estimate of drug-likeness (QED) is 0.743. The second-order valence-electron chi connectivity index (χ2n) is 4.26. The molecule has 4 heteroatoms. The Morgan fingerprint density at radius 1 is 1.17 bits per heavy atom. The topological polar surface area (TPSA) is 56.7 Å². The predicted molar refractivity (Wildman–Crippen MR) is 71.8 cm³/mol. The van der Waals surface area contributed by atoms with E-state index in [0.717, 1.165) is 28.0 Å². The molecule has 2 heterocycles. The summed E-state index contributed by atoms with van der Waals surface area (Å²) >= 11 is 0. The van der Waals surface area contributed by atoms with Crippen LogP contribution in [0.5, 0.6) is 0 Å². The van der Waals surface area contributed by atoms with Crippen molar-refractivity contribution in [2.45, 2.75) is 6.54 Å². The molecular weight excluding hydrogens is 224 g/mol. The van der Waals surface area contributed by atoms with Gasteiger partial charge in [-0.05, 0) is 29.8 Å². The minimum atomic E-state index is 0.539. The molecule has 0 saturated heterocycles. The van der Waals surface area contributed by atoms with E-state index in [2.05, 4.69) is 20.6 Å². The number of nitrogens with zero attached hydrogens (tertiary/aromatic N) is 3.